The van der Waals surface area contributed by atoms with Crippen molar-refractivity contribution in [3.8, 4) is 5.75 Å². The maximum Gasteiger partial charge on any atom is 0.298 e. The Morgan fingerprint density at radius 1 is 0.729 bits per heavy atom. The van der Waals surface area contributed by atoms with Crippen molar-refractivity contribution < 1.29 is 19.1 Å². The summed E-state index contributed by atoms with van der Waals surface area (Å²) in [7, 11) is 0. The van der Waals surface area contributed by atoms with Gasteiger partial charge in [0, 0.05) is 65.0 Å². The Hall–Kier alpha value is -4.70. The van der Waals surface area contributed by atoms with Gasteiger partial charge >= 0.3 is 0 Å². The number of amides is 2. The second-order valence-corrected chi connectivity index (χ2v) is 15.4. The summed E-state index contributed by atoms with van der Waals surface area (Å²) in [4.78, 5) is 59.0. The van der Waals surface area contributed by atoms with Crippen molar-refractivity contribution in [2.75, 3.05) is 9.80 Å². The van der Waals surface area contributed by atoms with Crippen LogP contribution in [0.1, 0.15) is 75.2 Å². The van der Waals surface area contributed by atoms with Crippen LogP contribution in [0.5, 0.6) is 5.75 Å². The normalized spacial score (nSPS) is 22.0. The number of carbonyl (C=O) groups excluding carboxylic acids is 3. The number of anilines is 2. The summed E-state index contributed by atoms with van der Waals surface area (Å²) in [5.41, 5.74) is 3.87. The highest BCUT2D eigenvalue weighted by Crippen LogP contribution is 2.52. The SMILES string of the molecule is CC(C)(C)N1C(=O)[C@]2(Cc3cc(Cl)cnc3C2)c2cccnc21.CC(C)(C)N1C(=O)[C@]2(Cc3cc(OC=O)cnc3C2)c2cccnc21. The molecule has 4 aromatic heterocycles. The summed E-state index contributed by atoms with van der Waals surface area (Å²) < 4.78 is 4.90. The standard InChI is InChI=1S/C19H19N3O3.C18H18ClN3O/c1-18(2,3)22-16-14(5-4-6-20-16)19(17(22)24)8-12-7-13(25-11-23)10-21-15(12)9-19;1-17(2,3)22-15-13(5-4-6-20-15)18(16(22)23)8-11-7-12(19)10-21-14(11)9-18/h4-7,10-11H,8-9H2,1-3H3;4-7,10H,8-9H2,1-3H3/t19-;18-/m00/s1. The molecule has 4 aliphatic rings. The Labute approximate surface area is 284 Å². The Morgan fingerprint density at radius 2 is 1.21 bits per heavy atom. The quantitative estimate of drug-likeness (QED) is 0.258. The molecule has 2 aliphatic carbocycles. The van der Waals surface area contributed by atoms with Crippen LogP contribution in [-0.4, -0.2) is 49.3 Å². The van der Waals surface area contributed by atoms with Gasteiger partial charge < -0.3 is 4.74 Å². The lowest BCUT2D eigenvalue weighted by molar-refractivity contribution is -0.124. The van der Waals surface area contributed by atoms with Crippen LogP contribution in [0.25, 0.3) is 0 Å². The highest BCUT2D eigenvalue weighted by atomic mass is 35.5. The number of hydrogen-bond donors (Lipinski definition) is 0. The molecule has 2 amide bonds. The fourth-order valence-electron chi connectivity index (χ4n) is 7.79. The van der Waals surface area contributed by atoms with E-state index < -0.39 is 10.8 Å². The van der Waals surface area contributed by atoms with Gasteiger partial charge in [-0.3, -0.25) is 34.2 Å². The molecule has 8 rings (SSSR count). The molecular weight excluding hydrogens is 628 g/mol. The van der Waals surface area contributed by atoms with Gasteiger partial charge in [0.25, 0.3) is 6.47 Å². The molecule has 0 saturated heterocycles. The van der Waals surface area contributed by atoms with Gasteiger partial charge in [-0.1, -0.05) is 23.7 Å². The Morgan fingerprint density at radius 3 is 1.69 bits per heavy atom. The first-order valence-corrected chi connectivity index (χ1v) is 16.4. The summed E-state index contributed by atoms with van der Waals surface area (Å²) in [5, 5.41) is 0.616. The van der Waals surface area contributed by atoms with Gasteiger partial charge in [-0.25, -0.2) is 9.97 Å². The Kier molecular flexibility index (Phi) is 7.25. The fourth-order valence-corrected chi connectivity index (χ4v) is 7.97. The third-order valence-electron chi connectivity index (χ3n) is 9.76. The van der Waals surface area contributed by atoms with E-state index in [1.165, 1.54) is 6.20 Å². The summed E-state index contributed by atoms with van der Waals surface area (Å²) in [6, 6.07) is 11.5. The fraction of sp³-hybridized carbons (Fsp3) is 0.378. The van der Waals surface area contributed by atoms with Crippen molar-refractivity contribution in [3.05, 3.63) is 99.8 Å². The molecule has 48 heavy (non-hydrogen) atoms. The highest BCUT2D eigenvalue weighted by Gasteiger charge is 2.58. The molecule has 11 heteroatoms. The largest absolute Gasteiger partial charge is 0.427 e. The zero-order valence-electron chi connectivity index (χ0n) is 27.9. The molecular formula is C37H37ClN6O4. The molecule has 2 spiro atoms. The molecule has 0 radical (unpaired) electrons. The molecule has 0 fully saturated rings. The molecule has 10 nitrogen and oxygen atoms in total. The number of fused-ring (bicyclic) bond motifs is 6. The number of hydrogen-bond acceptors (Lipinski definition) is 8. The van der Waals surface area contributed by atoms with Crippen LogP contribution in [0, 0.1) is 0 Å². The Bertz CT molecular complexity index is 2000. The van der Waals surface area contributed by atoms with Crippen molar-refractivity contribution in [1.82, 2.24) is 19.9 Å². The maximum absolute atomic E-state index is 13.5. The van der Waals surface area contributed by atoms with Crippen molar-refractivity contribution in [1.29, 1.82) is 0 Å². The average Bonchev–Trinajstić information content (AvgIpc) is 3.73. The predicted molar refractivity (Wildman–Crippen MR) is 181 cm³/mol. The molecule has 0 N–H and O–H groups in total. The van der Waals surface area contributed by atoms with Crippen LogP contribution in [0.15, 0.2) is 61.2 Å². The van der Waals surface area contributed by atoms with Crippen molar-refractivity contribution in [2.45, 2.75) is 89.1 Å². The molecule has 0 bridgehead atoms. The first-order valence-electron chi connectivity index (χ1n) is 16.0. The highest BCUT2D eigenvalue weighted by molar-refractivity contribution is 6.30. The van der Waals surface area contributed by atoms with Gasteiger partial charge in [-0.05, 0) is 89.8 Å². The topological polar surface area (TPSA) is 118 Å². The molecule has 6 heterocycles. The van der Waals surface area contributed by atoms with Crippen LogP contribution >= 0.6 is 11.6 Å². The maximum atomic E-state index is 13.5. The lowest BCUT2D eigenvalue weighted by Crippen LogP contribution is -2.49. The lowest BCUT2D eigenvalue weighted by atomic mass is 9.79. The van der Waals surface area contributed by atoms with Gasteiger partial charge in [0.1, 0.15) is 17.4 Å². The second-order valence-electron chi connectivity index (χ2n) is 15.0. The number of carbonyl (C=O) groups is 3. The van der Waals surface area contributed by atoms with Crippen LogP contribution < -0.4 is 14.5 Å². The average molecular weight is 665 g/mol. The minimum absolute atomic E-state index is 0.0598. The van der Waals surface area contributed by atoms with Crippen LogP contribution in [-0.2, 0) is 50.9 Å². The van der Waals surface area contributed by atoms with Gasteiger partial charge in [0.05, 0.1) is 22.0 Å². The van der Waals surface area contributed by atoms with E-state index in [0.29, 0.717) is 42.9 Å². The molecule has 0 aromatic carbocycles. The number of ether oxygens (including phenoxy) is 1. The minimum atomic E-state index is -0.675. The molecule has 0 unspecified atom stereocenters. The van der Waals surface area contributed by atoms with E-state index in [4.69, 9.17) is 16.3 Å². The predicted octanol–water partition coefficient (Wildman–Crippen LogP) is 5.51. The van der Waals surface area contributed by atoms with E-state index in [1.54, 1.807) is 29.6 Å². The van der Waals surface area contributed by atoms with Gasteiger partial charge in [-0.15, -0.1) is 0 Å². The third-order valence-corrected chi connectivity index (χ3v) is 9.97. The second kappa shape index (κ2) is 10.9. The summed E-state index contributed by atoms with van der Waals surface area (Å²) >= 11 is 6.09. The van der Waals surface area contributed by atoms with Crippen molar-refractivity contribution in [3.63, 3.8) is 0 Å². The van der Waals surface area contributed by atoms with E-state index in [0.717, 1.165) is 45.3 Å². The van der Waals surface area contributed by atoms with Gasteiger partial charge in [0.2, 0.25) is 11.8 Å². The van der Waals surface area contributed by atoms with E-state index in [2.05, 4.69) is 19.9 Å². The van der Waals surface area contributed by atoms with Crippen LogP contribution in [0.2, 0.25) is 5.02 Å². The number of aromatic nitrogens is 4. The summed E-state index contributed by atoms with van der Waals surface area (Å²) in [6.45, 7) is 12.5. The van der Waals surface area contributed by atoms with Crippen LogP contribution in [0.4, 0.5) is 11.6 Å². The van der Waals surface area contributed by atoms with Crippen molar-refractivity contribution in [2.24, 2.45) is 0 Å². The van der Waals surface area contributed by atoms with Crippen LogP contribution in [0.3, 0.4) is 0 Å². The number of pyridine rings is 4. The van der Waals surface area contributed by atoms with E-state index in [-0.39, 0.29) is 22.9 Å². The molecule has 0 saturated carbocycles. The zero-order valence-corrected chi connectivity index (χ0v) is 28.6. The van der Waals surface area contributed by atoms with Gasteiger partial charge in [0.15, 0.2) is 0 Å². The molecule has 4 aromatic rings. The van der Waals surface area contributed by atoms with Gasteiger partial charge in [-0.2, -0.15) is 0 Å². The molecule has 246 valence electrons. The minimum Gasteiger partial charge on any atom is -0.427 e. The van der Waals surface area contributed by atoms with Crippen molar-refractivity contribution >= 4 is 41.5 Å². The first kappa shape index (κ1) is 31.9. The first-order chi connectivity index (χ1) is 22.7. The summed E-state index contributed by atoms with van der Waals surface area (Å²) in [6.07, 6.45) is 8.98. The van der Waals surface area contributed by atoms with E-state index >= 15 is 0 Å². The number of rotatable bonds is 2. The number of halogens is 1. The zero-order chi connectivity index (χ0) is 34.2. The number of nitrogens with zero attached hydrogens (tertiary/aromatic N) is 6. The third kappa shape index (κ3) is 4.79. The molecule has 2 aliphatic heterocycles. The smallest absolute Gasteiger partial charge is 0.298 e. The lowest BCUT2D eigenvalue weighted by Gasteiger charge is -2.33. The summed E-state index contributed by atoms with van der Waals surface area (Å²) in [5.74, 6) is 2.09. The van der Waals surface area contributed by atoms with E-state index in [9.17, 15) is 14.4 Å². The van der Waals surface area contributed by atoms with E-state index in [1.807, 2.05) is 76.8 Å². The molecule has 2 atom stereocenters. The Balaban J connectivity index is 0.000000152. The monoisotopic (exact) mass is 664 g/mol.